The van der Waals surface area contributed by atoms with Gasteiger partial charge in [-0.15, -0.1) is 0 Å². The molecule has 2 aromatic heterocycles. The number of anilines is 3. The minimum Gasteiger partial charge on any atom is -0.370 e. The molecular formula is C26H28F2N8O. The normalized spacial score (nSPS) is 24.8. The summed E-state index contributed by atoms with van der Waals surface area (Å²) in [7, 11) is 0. The summed E-state index contributed by atoms with van der Waals surface area (Å²) in [4.78, 5) is 29.5. The molecule has 0 saturated carbocycles. The van der Waals surface area contributed by atoms with Gasteiger partial charge in [0.25, 0.3) is 5.92 Å². The lowest BCUT2D eigenvalue weighted by Gasteiger charge is -2.48. The average molecular weight is 507 g/mol. The van der Waals surface area contributed by atoms with Crippen LogP contribution in [0.3, 0.4) is 0 Å². The molecule has 9 nitrogen and oxygen atoms in total. The smallest absolute Gasteiger partial charge is 0.289 e. The number of halogens is 2. The Balaban J connectivity index is 1.32. The van der Waals surface area contributed by atoms with E-state index in [9.17, 15) is 4.79 Å². The van der Waals surface area contributed by atoms with Crippen LogP contribution in [0, 0.1) is 0 Å². The largest absolute Gasteiger partial charge is 0.370 e. The number of pyridine rings is 1. The third-order valence-electron chi connectivity index (χ3n) is 7.15. The maximum absolute atomic E-state index is 15.7. The highest BCUT2D eigenvalue weighted by Crippen LogP contribution is 2.43. The van der Waals surface area contributed by atoms with Crippen molar-refractivity contribution in [2.75, 3.05) is 49.9 Å². The Labute approximate surface area is 213 Å². The molecule has 1 amide bonds. The Morgan fingerprint density at radius 1 is 1.00 bits per heavy atom. The molecule has 1 aromatic carbocycles. The van der Waals surface area contributed by atoms with E-state index in [0.29, 0.717) is 62.0 Å². The van der Waals surface area contributed by atoms with Gasteiger partial charge in [-0.2, -0.15) is 8.78 Å². The first-order valence-corrected chi connectivity index (χ1v) is 12.5. The van der Waals surface area contributed by atoms with E-state index in [4.69, 9.17) is 0 Å². The Morgan fingerprint density at radius 2 is 1.89 bits per heavy atom. The highest BCUT2D eigenvalue weighted by Gasteiger charge is 2.51. The minimum atomic E-state index is -3.03. The molecule has 37 heavy (non-hydrogen) atoms. The number of carbonyl (C=O) groups is 1. The van der Waals surface area contributed by atoms with Crippen molar-refractivity contribution in [1.29, 1.82) is 0 Å². The summed E-state index contributed by atoms with van der Waals surface area (Å²) in [5.74, 6) is -2.06. The molecule has 11 heteroatoms. The summed E-state index contributed by atoms with van der Waals surface area (Å²) < 4.78 is 31.3. The molecule has 0 aliphatic carbocycles. The van der Waals surface area contributed by atoms with Crippen LogP contribution in [0.1, 0.15) is 17.5 Å². The predicted octanol–water partition coefficient (Wildman–Crippen LogP) is 2.81. The maximum Gasteiger partial charge on any atom is 0.289 e. The van der Waals surface area contributed by atoms with Crippen molar-refractivity contribution in [1.82, 2.24) is 30.1 Å². The van der Waals surface area contributed by atoms with Crippen LogP contribution >= 0.6 is 0 Å². The molecule has 0 spiro atoms. The summed E-state index contributed by atoms with van der Waals surface area (Å²) in [5, 5.41) is 9.32. The maximum atomic E-state index is 15.7. The lowest BCUT2D eigenvalue weighted by Crippen LogP contribution is -2.61. The van der Waals surface area contributed by atoms with Gasteiger partial charge in [-0.25, -0.2) is 15.0 Å². The van der Waals surface area contributed by atoms with Crippen molar-refractivity contribution in [3.63, 3.8) is 0 Å². The fraction of sp³-hybridized carbons (Fsp3) is 0.385. The second kappa shape index (κ2) is 9.64. The van der Waals surface area contributed by atoms with Gasteiger partial charge in [0.15, 0.2) is 0 Å². The molecule has 3 atom stereocenters. The number of piperazine rings is 1. The standard InChI is InChI=1S/C26H28F2N8O/c27-26(28)20-4-3-19-12-18(20)14-36-11-10-35(15-22(26)36)16-24(37)30-8-1-7-29-23-5-2-17(13-32-23)21-6-9-31-25(33-19)34-21/h2-6,9,12-13,22H,1,7-8,10-11,14-16H2,(H,29,32)(H,30,37)(H,31,33,34). The molecule has 3 aromatic rings. The van der Waals surface area contributed by atoms with Gasteiger partial charge in [-0.3, -0.25) is 14.6 Å². The summed E-state index contributed by atoms with van der Waals surface area (Å²) in [5.41, 5.74) is 2.80. The topological polar surface area (TPSA) is 98.3 Å². The SMILES string of the molecule is O=C1CN2CCN3Cc4cc(ccc4C(F)(F)C3C2)Nc2nccc(n2)-c2ccc(nc2)NCCCN1. The Hall–Kier alpha value is -3.70. The van der Waals surface area contributed by atoms with Gasteiger partial charge in [0, 0.05) is 68.5 Å². The van der Waals surface area contributed by atoms with Gasteiger partial charge in [0.2, 0.25) is 11.9 Å². The number of benzene rings is 1. The fourth-order valence-electron chi connectivity index (χ4n) is 5.23. The van der Waals surface area contributed by atoms with E-state index in [1.807, 2.05) is 21.9 Å². The number of nitrogens with zero attached hydrogens (tertiary/aromatic N) is 5. The lowest BCUT2D eigenvalue weighted by molar-refractivity contribution is -0.136. The quantitative estimate of drug-likeness (QED) is 0.428. The van der Waals surface area contributed by atoms with E-state index >= 15 is 8.78 Å². The number of carbonyl (C=O) groups excluding carboxylic acids is 1. The third kappa shape index (κ3) is 4.84. The van der Waals surface area contributed by atoms with E-state index in [-0.39, 0.29) is 24.6 Å². The summed E-state index contributed by atoms with van der Waals surface area (Å²) >= 11 is 0. The van der Waals surface area contributed by atoms with Crippen LogP contribution in [0.2, 0.25) is 0 Å². The summed E-state index contributed by atoms with van der Waals surface area (Å²) in [6.45, 7) is 2.86. The zero-order valence-electron chi connectivity index (χ0n) is 20.3. The molecule has 11 heterocycles. The van der Waals surface area contributed by atoms with Crippen LogP contribution in [0.4, 0.5) is 26.2 Å². The van der Waals surface area contributed by atoms with Crippen molar-refractivity contribution >= 4 is 23.4 Å². The van der Waals surface area contributed by atoms with E-state index in [1.54, 1.807) is 30.6 Å². The van der Waals surface area contributed by atoms with Gasteiger partial charge in [-0.05, 0) is 42.3 Å². The number of rotatable bonds is 0. The molecule has 12 rings (SSSR count). The zero-order valence-corrected chi connectivity index (χ0v) is 20.3. The van der Waals surface area contributed by atoms with E-state index in [1.165, 1.54) is 6.07 Å². The first-order valence-electron chi connectivity index (χ1n) is 12.5. The highest BCUT2D eigenvalue weighted by molar-refractivity contribution is 5.78. The van der Waals surface area contributed by atoms with Crippen molar-refractivity contribution in [2.24, 2.45) is 0 Å². The van der Waals surface area contributed by atoms with E-state index in [2.05, 4.69) is 30.9 Å². The van der Waals surface area contributed by atoms with Gasteiger partial charge >= 0.3 is 0 Å². The van der Waals surface area contributed by atoms with Crippen LogP contribution in [0.5, 0.6) is 0 Å². The van der Waals surface area contributed by atoms with Crippen LogP contribution < -0.4 is 16.0 Å². The molecular weight excluding hydrogens is 478 g/mol. The Morgan fingerprint density at radius 3 is 2.76 bits per heavy atom. The van der Waals surface area contributed by atoms with Gasteiger partial charge in [0.1, 0.15) is 5.82 Å². The van der Waals surface area contributed by atoms with Crippen molar-refractivity contribution in [3.05, 3.63) is 59.9 Å². The second-order valence-electron chi connectivity index (χ2n) is 9.67. The van der Waals surface area contributed by atoms with Crippen molar-refractivity contribution < 1.29 is 13.6 Å². The van der Waals surface area contributed by atoms with Crippen molar-refractivity contribution in [3.8, 4) is 11.3 Å². The summed E-state index contributed by atoms with van der Waals surface area (Å²) in [6.07, 6.45) is 4.11. The Kier molecular flexibility index (Phi) is 6.17. The minimum absolute atomic E-state index is 0.0392. The van der Waals surface area contributed by atoms with Crippen LogP contribution in [-0.2, 0) is 17.3 Å². The lowest BCUT2D eigenvalue weighted by atomic mass is 9.88. The monoisotopic (exact) mass is 506 g/mol. The van der Waals surface area contributed by atoms with Crippen LogP contribution in [-0.4, -0.2) is 76.0 Å². The molecule has 10 bridgehead atoms. The molecule has 9 aliphatic heterocycles. The Bertz CT molecular complexity index is 1300. The first-order chi connectivity index (χ1) is 18.0. The van der Waals surface area contributed by atoms with E-state index < -0.39 is 12.0 Å². The number of hydrogen-bond acceptors (Lipinski definition) is 8. The molecule has 9 aliphatic rings. The molecule has 0 radical (unpaired) electrons. The molecule has 1 saturated heterocycles. The van der Waals surface area contributed by atoms with Crippen LogP contribution in [0.15, 0.2) is 48.8 Å². The average Bonchev–Trinajstić information content (AvgIpc) is 2.89. The van der Waals surface area contributed by atoms with Gasteiger partial charge in [0.05, 0.1) is 18.3 Å². The molecule has 3 N–H and O–H groups in total. The molecule has 1 fully saturated rings. The number of nitrogens with one attached hydrogen (secondary N) is 3. The van der Waals surface area contributed by atoms with E-state index in [0.717, 1.165) is 11.4 Å². The third-order valence-corrected chi connectivity index (χ3v) is 7.15. The second-order valence-corrected chi connectivity index (χ2v) is 9.67. The molecule has 3 unspecified atom stereocenters. The first kappa shape index (κ1) is 23.7. The van der Waals surface area contributed by atoms with Crippen molar-refractivity contribution in [2.45, 2.75) is 24.9 Å². The number of aromatic nitrogens is 3. The number of alkyl halides is 2. The summed E-state index contributed by atoms with van der Waals surface area (Å²) in [6, 6.07) is 9.53. The predicted molar refractivity (Wildman–Crippen MR) is 136 cm³/mol. The zero-order chi connectivity index (χ0) is 25.4. The fourth-order valence-corrected chi connectivity index (χ4v) is 5.23. The number of hydrogen-bond donors (Lipinski definition) is 3. The number of amides is 1. The van der Waals surface area contributed by atoms with Gasteiger partial charge in [-0.1, -0.05) is 6.07 Å². The highest BCUT2D eigenvalue weighted by atomic mass is 19.3. The van der Waals surface area contributed by atoms with Gasteiger partial charge < -0.3 is 16.0 Å². The van der Waals surface area contributed by atoms with Crippen LogP contribution in [0.25, 0.3) is 11.3 Å². The molecule has 192 valence electrons.